The number of nitrogens with one attached hydrogen (secondary N) is 2. The van der Waals surface area contributed by atoms with E-state index in [2.05, 4.69) is 74.2 Å². The predicted molar refractivity (Wildman–Crippen MR) is 314 cm³/mol. The van der Waals surface area contributed by atoms with E-state index in [4.69, 9.17) is 8.83 Å². The van der Waals surface area contributed by atoms with Gasteiger partial charge in [-0.2, -0.15) is 0 Å². The average molecular weight is 1090 g/mol. The summed E-state index contributed by atoms with van der Waals surface area (Å²) in [6.45, 7) is 25.5. The molecule has 12 heterocycles. The fraction of sp³-hybridized carbons (Fsp3) is 0.220. The molecule has 0 fully saturated rings. The summed E-state index contributed by atoms with van der Waals surface area (Å²) in [6, 6.07) is 21.6. The Kier molecular flexibility index (Phi) is 39.1. The summed E-state index contributed by atoms with van der Waals surface area (Å²) >= 11 is 3.30. The number of thiazole rings is 2. The average Bonchev–Trinajstić information content (AvgIpc) is 4.31. The Balaban J connectivity index is 0.000000426. The molecule has 19 heteroatoms. The number of rotatable bonds is 0. The Labute approximate surface area is 468 Å². The second-order valence-electron chi connectivity index (χ2n) is 16.0. The van der Waals surface area contributed by atoms with Crippen molar-refractivity contribution >= 4 is 22.7 Å². The monoisotopic (exact) mass is 1090 g/mol. The van der Waals surface area contributed by atoms with Crippen molar-refractivity contribution in [3.05, 3.63) is 275 Å². The van der Waals surface area contributed by atoms with Crippen LogP contribution in [-0.2, 0) is 0 Å². The van der Waals surface area contributed by atoms with E-state index < -0.39 is 0 Å². The van der Waals surface area contributed by atoms with Gasteiger partial charge in [0.15, 0.2) is 12.8 Å². The smallest absolute Gasteiger partial charge is 0.180 e. The summed E-state index contributed by atoms with van der Waals surface area (Å²) in [4.78, 5) is 52.0. The highest BCUT2D eigenvalue weighted by Gasteiger charge is 1.86. The van der Waals surface area contributed by atoms with Gasteiger partial charge in [-0.1, -0.05) is 12.1 Å². The highest BCUT2D eigenvalue weighted by Crippen LogP contribution is 2.02. The lowest BCUT2D eigenvalue weighted by molar-refractivity contribution is 0.527. The van der Waals surface area contributed by atoms with Crippen LogP contribution >= 0.6 is 22.7 Å². The van der Waals surface area contributed by atoms with Gasteiger partial charge in [-0.3, -0.25) is 34.9 Å². The van der Waals surface area contributed by atoms with Crippen molar-refractivity contribution in [3.63, 3.8) is 0 Å². The van der Waals surface area contributed by atoms with Crippen molar-refractivity contribution in [1.29, 1.82) is 0 Å². The van der Waals surface area contributed by atoms with Crippen LogP contribution in [0.1, 0.15) is 73.1 Å². The molecule has 0 atom stereocenters. The van der Waals surface area contributed by atoms with Gasteiger partial charge in [0.25, 0.3) is 0 Å². The number of aryl methyl sites for hydroxylation is 13. The topological polar surface area (TPSA) is 226 Å². The van der Waals surface area contributed by atoms with Crippen LogP contribution in [0.25, 0.3) is 0 Å². The number of aromatic nitrogens is 14. The number of oxazole rings is 2. The lowest BCUT2D eigenvalue weighted by Gasteiger charge is -1.82. The predicted octanol–water partition coefficient (Wildman–Crippen LogP) is 14.5. The van der Waals surface area contributed by atoms with E-state index in [9.17, 15) is 0 Å². The van der Waals surface area contributed by atoms with Gasteiger partial charge < -0.3 is 23.2 Å². The zero-order valence-electron chi connectivity index (χ0n) is 47.0. The molecular formula is C59H74N14O3S2. The van der Waals surface area contributed by atoms with E-state index >= 15 is 0 Å². The molecule has 410 valence electrons. The third-order valence-corrected chi connectivity index (χ3v) is 9.77. The molecule has 12 aromatic heterocycles. The molecule has 0 saturated heterocycles. The van der Waals surface area contributed by atoms with Crippen LogP contribution in [0.15, 0.2) is 215 Å². The van der Waals surface area contributed by atoms with Gasteiger partial charge in [-0.15, -0.1) is 22.7 Å². The molecule has 0 spiro atoms. The van der Waals surface area contributed by atoms with E-state index in [1.807, 2.05) is 185 Å². The molecule has 0 unspecified atom stereocenters. The third-order valence-electron chi connectivity index (χ3n) is 8.36. The number of imidazole rings is 1. The first-order valence-electron chi connectivity index (χ1n) is 24.2. The van der Waals surface area contributed by atoms with Crippen molar-refractivity contribution < 1.29 is 13.3 Å². The Hall–Kier alpha value is -8.94. The molecule has 0 radical (unpaired) electrons. The Morgan fingerprint density at radius 3 is 1.40 bits per heavy atom. The number of hydrogen-bond acceptors (Lipinski definition) is 17. The van der Waals surface area contributed by atoms with E-state index in [0.29, 0.717) is 0 Å². The SMILES string of the molecule is Cc1ccc[nH]1.Cc1ccccn1.Cc1cccnc1.Cc1ccncc1.Cc1ccncn1.Cc1cnc[nH]1.Cc1cnccn1.Cc1cnco1.Cc1coc(C)c1.Cc1cocn1.Cc1cscn1.Cc1nccs1. The van der Waals surface area contributed by atoms with Gasteiger partial charge in [0.1, 0.15) is 24.1 Å². The van der Waals surface area contributed by atoms with Gasteiger partial charge in [-0.05, 0) is 161 Å². The zero-order valence-corrected chi connectivity index (χ0v) is 48.6. The summed E-state index contributed by atoms with van der Waals surface area (Å²) < 4.78 is 14.3. The van der Waals surface area contributed by atoms with Crippen LogP contribution in [0.5, 0.6) is 0 Å². The second-order valence-corrected chi connectivity index (χ2v) is 17.8. The minimum atomic E-state index is 0.856. The standard InChI is InChI=1S/3C6H7N.C6H8O.2C5H6N2.C5H7N.C4H6N2.2C4H5NO.2C4H5NS/c1-6-2-4-7-5-3-6;1-6-3-2-4-7-5-6;1-6-4-2-3-5-7-6;1-5-3-6(2)7-4-5;1-5-4-6-2-3-7-5;1-5-2-3-6-4-7-5;1-5-3-2-4-6-5;1-4-2-5-3-6-4;1-4-2-6-3-5-4;1-4-2-5-3-6-4;1-4-2-6-3-5-4;1-4-5-2-3-6-4/h3*2-5H,1H3;3-4H,1-2H3;2*2-4H,1H3;2-4,6H,1H3;2-3H,1H3,(H,5,6);4*2-3H,1H3. The molecule has 78 heavy (non-hydrogen) atoms. The highest BCUT2D eigenvalue weighted by molar-refractivity contribution is 7.09. The van der Waals surface area contributed by atoms with E-state index in [1.165, 1.54) is 41.5 Å². The summed E-state index contributed by atoms with van der Waals surface area (Å²) in [6.07, 6.45) is 32.3. The van der Waals surface area contributed by atoms with E-state index in [0.717, 1.165) is 50.7 Å². The minimum Gasteiger partial charge on any atom is -0.469 e. The second kappa shape index (κ2) is 45.5. The van der Waals surface area contributed by atoms with Gasteiger partial charge in [-0.25, -0.2) is 24.9 Å². The first-order valence-corrected chi connectivity index (χ1v) is 26.0. The molecule has 2 N–H and O–H groups in total. The lowest BCUT2D eigenvalue weighted by Crippen LogP contribution is -1.77. The maximum absolute atomic E-state index is 4.96. The van der Waals surface area contributed by atoms with Crippen LogP contribution in [0, 0.1) is 90.0 Å². The number of aromatic amines is 2. The maximum atomic E-state index is 4.96. The summed E-state index contributed by atoms with van der Waals surface area (Å²) in [5, 5.41) is 5.12. The fourth-order valence-corrected chi connectivity index (χ4v) is 5.48. The molecule has 0 aliphatic rings. The zero-order chi connectivity index (χ0) is 57.3. The summed E-state index contributed by atoms with van der Waals surface area (Å²) in [5.74, 6) is 1.84. The first kappa shape index (κ1) is 67.1. The van der Waals surface area contributed by atoms with Crippen molar-refractivity contribution in [1.82, 2.24) is 69.8 Å². The maximum Gasteiger partial charge on any atom is 0.180 e. The molecule has 0 bridgehead atoms. The van der Waals surface area contributed by atoms with Gasteiger partial charge in [0, 0.05) is 114 Å². The van der Waals surface area contributed by atoms with Crippen LogP contribution in [-0.4, -0.2) is 69.8 Å². The molecule has 0 aliphatic carbocycles. The van der Waals surface area contributed by atoms with Crippen molar-refractivity contribution in [2.45, 2.75) is 90.0 Å². The van der Waals surface area contributed by atoms with E-state index in [-0.39, 0.29) is 0 Å². The number of nitrogens with zero attached hydrogens (tertiary/aromatic N) is 12. The number of furan rings is 1. The molecule has 12 aromatic rings. The van der Waals surface area contributed by atoms with Crippen LogP contribution in [0.3, 0.4) is 0 Å². The van der Waals surface area contributed by atoms with Gasteiger partial charge in [0.2, 0.25) is 0 Å². The quantitative estimate of drug-likeness (QED) is 0.144. The van der Waals surface area contributed by atoms with Crippen molar-refractivity contribution in [3.8, 4) is 0 Å². The third kappa shape index (κ3) is 43.5. The normalized spacial score (nSPS) is 8.83. The van der Waals surface area contributed by atoms with Crippen molar-refractivity contribution in [2.24, 2.45) is 0 Å². The lowest BCUT2D eigenvalue weighted by atomic mass is 10.3. The van der Waals surface area contributed by atoms with Crippen LogP contribution in [0.4, 0.5) is 0 Å². The van der Waals surface area contributed by atoms with Crippen LogP contribution in [0.2, 0.25) is 0 Å². The Morgan fingerprint density at radius 1 is 0.423 bits per heavy atom. The summed E-state index contributed by atoms with van der Waals surface area (Å²) in [7, 11) is 0. The number of hydrogen-bond donors (Lipinski definition) is 2. The van der Waals surface area contributed by atoms with Gasteiger partial charge >= 0.3 is 0 Å². The first-order chi connectivity index (χ1) is 37.6. The number of H-pyrrole nitrogens is 2. The van der Waals surface area contributed by atoms with E-state index in [1.54, 1.807) is 110 Å². The molecule has 0 saturated carbocycles. The minimum absolute atomic E-state index is 0.856. The molecule has 12 rings (SSSR count). The molecule has 0 aromatic carbocycles. The number of pyridine rings is 3. The molecular weight excluding hydrogens is 1020 g/mol. The van der Waals surface area contributed by atoms with Gasteiger partial charge in [0.05, 0.1) is 40.7 Å². The Bertz CT molecular complexity index is 2520. The van der Waals surface area contributed by atoms with Crippen molar-refractivity contribution in [2.75, 3.05) is 0 Å². The fourth-order valence-electron chi connectivity index (χ4n) is 4.49. The molecule has 0 aliphatic heterocycles. The highest BCUT2D eigenvalue weighted by atomic mass is 32.1. The Morgan fingerprint density at radius 2 is 1.18 bits per heavy atom. The largest absolute Gasteiger partial charge is 0.469 e. The summed E-state index contributed by atoms with van der Waals surface area (Å²) in [5.41, 5.74) is 12.9. The molecule has 17 nitrogen and oxygen atoms in total. The molecule has 0 amide bonds. The van der Waals surface area contributed by atoms with Crippen LogP contribution < -0.4 is 0 Å².